The fraction of sp³-hybridized carbons (Fsp3) is 0.143. The van der Waals surface area contributed by atoms with Crippen molar-refractivity contribution in [1.82, 2.24) is 9.97 Å². The Bertz CT molecular complexity index is 234. The number of carboxylic acid groups (broad SMARTS) is 1. The molecule has 0 aliphatic heterocycles. The lowest BCUT2D eigenvalue weighted by molar-refractivity contribution is -0.131. The van der Waals surface area contributed by atoms with Crippen molar-refractivity contribution in [3.8, 4) is 0 Å². The van der Waals surface area contributed by atoms with E-state index in [1.54, 1.807) is 18.0 Å². The molecule has 66 valence electrons. The molecule has 0 aliphatic carbocycles. The van der Waals surface area contributed by atoms with Crippen molar-refractivity contribution in [2.45, 2.75) is 5.16 Å². The van der Waals surface area contributed by atoms with Gasteiger partial charge in [0.15, 0.2) is 5.16 Å². The minimum atomic E-state index is -0.981. The fourth-order valence-corrected chi connectivity index (χ4v) is 0.715. The van der Waals surface area contributed by atoms with E-state index in [-0.39, 0.29) is 0 Å². The van der Waals surface area contributed by atoms with Crippen LogP contribution in [0.25, 0.3) is 0 Å². The van der Waals surface area contributed by atoms with Gasteiger partial charge in [-0.05, 0) is 6.26 Å². The van der Waals surface area contributed by atoms with Crippen molar-refractivity contribution in [2.75, 3.05) is 6.26 Å². The monoisotopic (exact) mass is 186 g/mol. The molecule has 0 spiro atoms. The number of hydrogen-bond acceptors (Lipinski definition) is 3. The molecule has 0 amide bonds. The first-order valence-electron chi connectivity index (χ1n) is 3.09. The Morgan fingerprint density at radius 2 is 2.50 bits per heavy atom. The van der Waals surface area contributed by atoms with Crippen LogP contribution in [0.5, 0.6) is 0 Å². The minimum absolute atomic E-state index is 0.833. The molecule has 0 bridgehead atoms. The Labute approximate surface area is 74.7 Å². The Morgan fingerprint density at radius 1 is 1.92 bits per heavy atom. The largest absolute Gasteiger partial charge is 0.478 e. The molecule has 4 nitrogen and oxygen atoms in total. The van der Waals surface area contributed by atoms with E-state index < -0.39 is 5.97 Å². The molecule has 0 unspecified atom stereocenters. The normalized spacial score (nSPS) is 8.08. The van der Waals surface area contributed by atoms with E-state index in [0.717, 1.165) is 11.2 Å². The quantitative estimate of drug-likeness (QED) is 0.541. The lowest BCUT2D eigenvalue weighted by Crippen LogP contribution is -1.82. The highest BCUT2D eigenvalue weighted by atomic mass is 32.2. The van der Waals surface area contributed by atoms with Gasteiger partial charge in [0, 0.05) is 18.5 Å². The molecule has 0 aliphatic rings. The number of nitrogens with one attached hydrogen (secondary N) is 1. The van der Waals surface area contributed by atoms with Gasteiger partial charge >= 0.3 is 5.97 Å². The molecule has 1 rings (SSSR count). The third-order valence-corrected chi connectivity index (χ3v) is 1.45. The molecule has 0 fully saturated rings. The van der Waals surface area contributed by atoms with Crippen LogP contribution in [-0.4, -0.2) is 27.3 Å². The second-order valence-corrected chi connectivity index (χ2v) is 2.44. The van der Waals surface area contributed by atoms with E-state index in [9.17, 15) is 4.79 Å². The van der Waals surface area contributed by atoms with Crippen LogP contribution >= 0.6 is 11.8 Å². The number of carbonyl (C=O) groups is 1. The Hall–Kier alpha value is -1.23. The number of aliphatic carboxylic acids is 1. The maximum atomic E-state index is 9.25. The molecule has 0 aromatic carbocycles. The summed E-state index contributed by atoms with van der Waals surface area (Å²) in [7, 11) is 0. The summed E-state index contributed by atoms with van der Waals surface area (Å²) < 4.78 is 0. The highest BCUT2D eigenvalue weighted by Crippen LogP contribution is 2.03. The third kappa shape index (κ3) is 5.55. The molecular formula is C7H10N2O2S. The SMILES string of the molecule is C=CC(=O)O.CSc1ncc[nH]1. The first kappa shape index (κ1) is 10.8. The van der Waals surface area contributed by atoms with Crippen molar-refractivity contribution < 1.29 is 9.90 Å². The number of hydrogen-bond donors (Lipinski definition) is 2. The van der Waals surface area contributed by atoms with Gasteiger partial charge in [-0.25, -0.2) is 9.78 Å². The molecule has 0 atom stereocenters. The average Bonchev–Trinajstić information content (AvgIpc) is 2.57. The van der Waals surface area contributed by atoms with Crippen LogP contribution in [0.3, 0.4) is 0 Å². The second kappa shape index (κ2) is 6.48. The van der Waals surface area contributed by atoms with Gasteiger partial charge in [-0.2, -0.15) is 0 Å². The number of carboxylic acids is 1. The molecule has 1 heterocycles. The van der Waals surface area contributed by atoms with Gasteiger partial charge in [-0.1, -0.05) is 18.3 Å². The number of thioether (sulfide) groups is 1. The predicted molar refractivity (Wildman–Crippen MR) is 48.2 cm³/mol. The summed E-state index contributed by atoms with van der Waals surface area (Å²) in [5.74, 6) is -0.981. The van der Waals surface area contributed by atoms with Gasteiger partial charge in [-0.15, -0.1) is 0 Å². The third-order valence-electron chi connectivity index (χ3n) is 0.841. The minimum Gasteiger partial charge on any atom is -0.478 e. The standard InChI is InChI=1S/C4H6N2S.C3H4O2/c1-7-4-5-2-3-6-4;1-2-3(4)5/h2-3H,1H3,(H,5,6);2H,1H2,(H,4,5). The zero-order valence-electron chi connectivity index (χ0n) is 6.65. The van der Waals surface area contributed by atoms with Gasteiger partial charge in [0.05, 0.1) is 0 Å². The first-order chi connectivity index (χ1) is 5.70. The molecule has 5 heteroatoms. The Balaban J connectivity index is 0.000000217. The first-order valence-corrected chi connectivity index (χ1v) is 4.32. The zero-order valence-corrected chi connectivity index (χ0v) is 7.47. The van der Waals surface area contributed by atoms with E-state index in [1.165, 1.54) is 0 Å². The van der Waals surface area contributed by atoms with Crippen molar-refractivity contribution in [3.05, 3.63) is 25.0 Å². The molecule has 12 heavy (non-hydrogen) atoms. The average molecular weight is 186 g/mol. The number of H-pyrrole nitrogens is 1. The molecule has 0 saturated carbocycles. The van der Waals surface area contributed by atoms with Crippen molar-refractivity contribution >= 4 is 17.7 Å². The summed E-state index contributed by atoms with van der Waals surface area (Å²) in [6.45, 7) is 2.96. The number of nitrogens with zero attached hydrogens (tertiary/aromatic N) is 1. The summed E-state index contributed by atoms with van der Waals surface area (Å²) in [4.78, 5) is 16.1. The number of aromatic amines is 1. The zero-order chi connectivity index (χ0) is 9.40. The van der Waals surface area contributed by atoms with Crippen LogP contribution in [0.4, 0.5) is 0 Å². The Morgan fingerprint density at radius 3 is 2.67 bits per heavy atom. The molecule has 2 N–H and O–H groups in total. The van der Waals surface area contributed by atoms with Gasteiger partial charge in [0.1, 0.15) is 0 Å². The van der Waals surface area contributed by atoms with E-state index in [2.05, 4.69) is 16.5 Å². The van der Waals surface area contributed by atoms with Gasteiger partial charge in [0.2, 0.25) is 0 Å². The van der Waals surface area contributed by atoms with Crippen LogP contribution in [0.1, 0.15) is 0 Å². The number of rotatable bonds is 2. The second-order valence-electron chi connectivity index (χ2n) is 1.64. The lowest BCUT2D eigenvalue weighted by atomic mass is 10.7. The molecular weight excluding hydrogens is 176 g/mol. The van der Waals surface area contributed by atoms with Crippen LogP contribution in [0.2, 0.25) is 0 Å². The Kier molecular flexibility index (Phi) is 5.81. The van der Waals surface area contributed by atoms with Gasteiger partial charge < -0.3 is 10.1 Å². The maximum Gasteiger partial charge on any atom is 0.327 e. The van der Waals surface area contributed by atoms with Gasteiger partial charge in [0.25, 0.3) is 0 Å². The molecule has 1 aromatic rings. The molecule has 0 radical (unpaired) electrons. The van der Waals surface area contributed by atoms with Crippen molar-refractivity contribution in [1.29, 1.82) is 0 Å². The van der Waals surface area contributed by atoms with Crippen molar-refractivity contribution in [3.63, 3.8) is 0 Å². The maximum absolute atomic E-state index is 9.25. The van der Waals surface area contributed by atoms with E-state index in [4.69, 9.17) is 5.11 Å². The van der Waals surface area contributed by atoms with Crippen LogP contribution < -0.4 is 0 Å². The highest BCUT2D eigenvalue weighted by Gasteiger charge is 1.83. The summed E-state index contributed by atoms with van der Waals surface area (Å²) in [5.41, 5.74) is 0. The van der Waals surface area contributed by atoms with Crippen molar-refractivity contribution in [2.24, 2.45) is 0 Å². The highest BCUT2D eigenvalue weighted by molar-refractivity contribution is 7.98. The summed E-state index contributed by atoms with van der Waals surface area (Å²) in [6.07, 6.45) is 6.37. The number of aromatic nitrogens is 2. The number of imidazole rings is 1. The van der Waals surface area contributed by atoms with Gasteiger partial charge in [-0.3, -0.25) is 0 Å². The molecule has 1 aromatic heterocycles. The summed E-state index contributed by atoms with van der Waals surface area (Å²) >= 11 is 1.61. The van der Waals surface area contributed by atoms with E-state index >= 15 is 0 Å². The van der Waals surface area contributed by atoms with Crippen LogP contribution in [0, 0.1) is 0 Å². The van der Waals surface area contributed by atoms with E-state index in [1.807, 2.05) is 12.5 Å². The fourth-order valence-electron chi connectivity index (χ4n) is 0.362. The summed E-state index contributed by atoms with van der Waals surface area (Å²) in [5, 5.41) is 8.58. The van der Waals surface area contributed by atoms with Crippen LogP contribution in [-0.2, 0) is 4.79 Å². The lowest BCUT2D eigenvalue weighted by Gasteiger charge is -1.79. The molecule has 0 saturated heterocycles. The van der Waals surface area contributed by atoms with E-state index in [0.29, 0.717) is 0 Å². The summed E-state index contributed by atoms with van der Waals surface area (Å²) in [6, 6.07) is 0. The van der Waals surface area contributed by atoms with Crippen LogP contribution in [0.15, 0.2) is 30.2 Å². The smallest absolute Gasteiger partial charge is 0.327 e. The topological polar surface area (TPSA) is 66.0 Å². The predicted octanol–water partition coefficient (Wildman–Crippen LogP) is 1.39.